The van der Waals surface area contributed by atoms with E-state index in [0.717, 1.165) is 31.4 Å². The highest BCUT2D eigenvalue weighted by molar-refractivity contribution is 7.89. The zero-order chi connectivity index (χ0) is 19.0. The molecule has 1 aliphatic heterocycles. The molecule has 1 aromatic carbocycles. The number of carbonyl (C=O) groups is 1. The Morgan fingerprint density at radius 2 is 1.93 bits per heavy atom. The number of hydrogen-bond donors (Lipinski definition) is 0. The molecule has 144 valence electrons. The molecule has 0 bridgehead atoms. The Kier molecular flexibility index (Phi) is 4.77. The number of ether oxygens (including phenoxy) is 1. The largest absolute Gasteiger partial charge is 0.468 e. The van der Waals surface area contributed by atoms with Gasteiger partial charge in [-0.15, -0.1) is 0 Å². The SMILES string of the molecule is COC(=O)C1CC2CCCCC2N1S(=O)(=O)c1cnn(-c2ccccc2)c1. The van der Waals surface area contributed by atoms with Gasteiger partial charge in [0, 0.05) is 6.04 Å². The molecule has 0 amide bonds. The molecule has 0 radical (unpaired) electrons. The molecule has 8 heteroatoms. The summed E-state index contributed by atoms with van der Waals surface area (Å²) in [6.45, 7) is 0. The van der Waals surface area contributed by atoms with Crippen LogP contribution < -0.4 is 0 Å². The quantitative estimate of drug-likeness (QED) is 0.750. The van der Waals surface area contributed by atoms with Crippen molar-refractivity contribution in [3.63, 3.8) is 0 Å². The van der Waals surface area contributed by atoms with Gasteiger partial charge in [0.1, 0.15) is 10.9 Å². The predicted molar refractivity (Wildman–Crippen MR) is 98.8 cm³/mol. The van der Waals surface area contributed by atoms with E-state index >= 15 is 0 Å². The second kappa shape index (κ2) is 7.09. The van der Waals surface area contributed by atoms with Crippen LogP contribution in [0, 0.1) is 5.92 Å². The zero-order valence-electron chi connectivity index (χ0n) is 15.2. The number of methoxy groups -OCH3 is 1. The number of aromatic nitrogens is 2. The first-order chi connectivity index (χ1) is 13.0. The van der Waals surface area contributed by atoms with Crippen LogP contribution in [0.5, 0.6) is 0 Å². The Bertz CT molecular complexity index is 925. The maximum atomic E-state index is 13.4. The Balaban J connectivity index is 1.71. The maximum absolute atomic E-state index is 13.4. The van der Waals surface area contributed by atoms with Crippen LogP contribution in [0.15, 0.2) is 47.6 Å². The van der Waals surface area contributed by atoms with Crippen molar-refractivity contribution in [2.24, 2.45) is 5.92 Å². The highest BCUT2D eigenvalue weighted by atomic mass is 32.2. The van der Waals surface area contributed by atoms with Crippen LogP contribution in [0.2, 0.25) is 0 Å². The molecule has 2 aromatic rings. The van der Waals surface area contributed by atoms with E-state index < -0.39 is 22.0 Å². The third-order valence-electron chi connectivity index (χ3n) is 5.66. The standard InChI is InChI=1S/C19H23N3O4S/c1-26-19(23)18-11-14-7-5-6-10-17(14)22(18)27(24,25)16-12-20-21(13-16)15-8-3-2-4-9-15/h2-4,8-9,12-14,17-18H,5-7,10-11H2,1H3. The number of nitrogens with zero attached hydrogens (tertiary/aromatic N) is 3. The molecule has 2 fully saturated rings. The van der Waals surface area contributed by atoms with Crippen LogP contribution in [-0.2, 0) is 19.6 Å². The van der Waals surface area contributed by atoms with Crippen molar-refractivity contribution in [2.45, 2.75) is 49.1 Å². The number of rotatable bonds is 4. The van der Waals surface area contributed by atoms with Crippen LogP contribution in [0.3, 0.4) is 0 Å². The molecule has 0 N–H and O–H groups in total. The topological polar surface area (TPSA) is 81.5 Å². The van der Waals surface area contributed by atoms with Gasteiger partial charge in [0.2, 0.25) is 10.0 Å². The fraction of sp³-hybridized carbons (Fsp3) is 0.474. The zero-order valence-corrected chi connectivity index (χ0v) is 16.0. The summed E-state index contributed by atoms with van der Waals surface area (Å²) in [5.41, 5.74) is 0.778. The van der Waals surface area contributed by atoms with E-state index in [2.05, 4.69) is 5.10 Å². The van der Waals surface area contributed by atoms with E-state index in [1.165, 1.54) is 28.5 Å². The highest BCUT2D eigenvalue weighted by Gasteiger charge is 2.51. The Morgan fingerprint density at radius 3 is 2.67 bits per heavy atom. The van der Waals surface area contributed by atoms with E-state index in [1.807, 2.05) is 30.3 Å². The average molecular weight is 389 g/mol. The number of para-hydroxylation sites is 1. The third-order valence-corrected chi connectivity index (χ3v) is 7.54. The maximum Gasteiger partial charge on any atom is 0.324 e. The van der Waals surface area contributed by atoms with Gasteiger partial charge in [0.05, 0.1) is 25.2 Å². The molecular formula is C19H23N3O4S. The molecule has 2 heterocycles. The fourth-order valence-corrected chi connectivity index (χ4v) is 6.18. The first-order valence-electron chi connectivity index (χ1n) is 9.24. The van der Waals surface area contributed by atoms with Crippen molar-refractivity contribution in [1.29, 1.82) is 0 Å². The second-order valence-electron chi connectivity index (χ2n) is 7.18. The van der Waals surface area contributed by atoms with Gasteiger partial charge in [0.15, 0.2) is 0 Å². The van der Waals surface area contributed by atoms with Crippen LogP contribution in [0.25, 0.3) is 5.69 Å². The number of esters is 1. The molecule has 7 nitrogen and oxygen atoms in total. The normalized spacial score (nSPS) is 25.9. The van der Waals surface area contributed by atoms with Crippen LogP contribution in [-0.4, -0.2) is 47.7 Å². The van der Waals surface area contributed by atoms with Crippen molar-refractivity contribution in [3.05, 3.63) is 42.7 Å². The van der Waals surface area contributed by atoms with Crippen molar-refractivity contribution in [1.82, 2.24) is 14.1 Å². The lowest BCUT2D eigenvalue weighted by molar-refractivity contribution is -0.144. The molecule has 2 aliphatic rings. The highest BCUT2D eigenvalue weighted by Crippen LogP contribution is 2.43. The number of sulfonamides is 1. The Labute approximate surface area is 159 Å². The van der Waals surface area contributed by atoms with Gasteiger partial charge in [0.25, 0.3) is 0 Å². The van der Waals surface area contributed by atoms with Gasteiger partial charge in [-0.05, 0) is 37.3 Å². The minimum atomic E-state index is -3.85. The minimum absolute atomic E-state index is 0.103. The first-order valence-corrected chi connectivity index (χ1v) is 10.7. The number of hydrogen-bond acceptors (Lipinski definition) is 5. The van der Waals surface area contributed by atoms with Gasteiger partial charge in [-0.1, -0.05) is 31.0 Å². The van der Waals surface area contributed by atoms with E-state index in [1.54, 1.807) is 0 Å². The molecule has 0 spiro atoms. The summed E-state index contributed by atoms with van der Waals surface area (Å²) in [4.78, 5) is 12.4. The lowest BCUT2D eigenvalue weighted by atomic mass is 9.85. The summed E-state index contributed by atoms with van der Waals surface area (Å²) in [7, 11) is -2.54. The summed E-state index contributed by atoms with van der Waals surface area (Å²) in [6.07, 6.45) is 7.18. The summed E-state index contributed by atoms with van der Waals surface area (Å²) in [5, 5.41) is 4.21. The van der Waals surface area contributed by atoms with Gasteiger partial charge in [-0.25, -0.2) is 13.1 Å². The number of fused-ring (bicyclic) bond motifs is 1. The van der Waals surface area contributed by atoms with Crippen molar-refractivity contribution >= 4 is 16.0 Å². The van der Waals surface area contributed by atoms with Crippen LogP contribution in [0.1, 0.15) is 32.1 Å². The number of benzene rings is 1. The molecule has 4 rings (SSSR count). The van der Waals surface area contributed by atoms with E-state index in [-0.39, 0.29) is 16.9 Å². The minimum Gasteiger partial charge on any atom is -0.468 e. The molecule has 1 aliphatic carbocycles. The van der Waals surface area contributed by atoms with Gasteiger partial charge in [-0.2, -0.15) is 9.40 Å². The Hall–Kier alpha value is -2.19. The summed E-state index contributed by atoms with van der Waals surface area (Å²) in [5.74, 6) is -0.273. The summed E-state index contributed by atoms with van der Waals surface area (Å²) < 4.78 is 34.7. The van der Waals surface area contributed by atoms with Crippen LogP contribution >= 0.6 is 0 Å². The first kappa shape index (κ1) is 18.2. The third kappa shape index (κ3) is 3.17. The second-order valence-corrected chi connectivity index (χ2v) is 9.02. The molecular weight excluding hydrogens is 366 g/mol. The lowest BCUT2D eigenvalue weighted by Crippen LogP contribution is -2.46. The van der Waals surface area contributed by atoms with Crippen molar-refractivity contribution in [2.75, 3.05) is 7.11 Å². The average Bonchev–Trinajstić information content (AvgIpc) is 3.34. The van der Waals surface area contributed by atoms with E-state index in [9.17, 15) is 13.2 Å². The molecule has 1 saturated heterocycles. The van der Waals surface area contributed by atoms with Crippen LogP contribution in [0.4, 0.5) is 0 Å². The van der Waals surface area contributed by atoms with E-state index in [4.69, 9.17) is 4.74 Å². The van der Waals surface area contributed by atoms with Crippen molar-refractivity contribution < 1.29 is 17.9 Å². The summed E-state index contributed by atoms with van der Waals surface area (Å²) >= 11 is 0. The summed E-state index contributed by atoms with van der Waals surface area (Å²) in [6, 6.07) is 8.43. The van der Waals surface area contributed by atoms with Gasteiger partial charge >= 0.3 is 5.97 Å². The smallest absolute Gasteiger partial charge is 0.324 e. The Morgan fingerprint density at radius 1 is 1.19 bits per heavy atom. The molecule has 27 heavy (non-hydrogen) atoms. The molecule has 3 atom stereocenters. The van der Waals surface area contributed by atoms with Crippen molar-refractivity contribution in [3.8, 4) is 5.69 Å². The van der Waals surface area contributed by atoms with Gasteiger partial charge in [-0.3, -0.25) is 4.79 Å². The molecule has 1 aromatic heterocycles. The molecule has 3 unspecified atom stereocenters. The fourth-order valence-electron chi connectivity index (χ4n) is 4.38. The predicted octanol–water partition coefficient (Wildman–Crippen LogP) is 2.37. The lowest BCUT2D eigenvalue weighted by Gasteiger charge is -2.31. The van der Waals surface area contributed by atoms with Gasteiger partial charge < -0.3 is 4.74 Å². The monoisotopic (exact) mass is 389 g/mol. The molecule has 1 saturated carbocycles. The van der Waals surface area contributed by atoms with E-state index in [0.29, 0.717) is 6.42 Å². The number of carbonyl (C=O) groups excluding carboxylic acids is 1.